The first kappa shape index (κ1) is 18.9. The molecule has 3 N–H and O–H groups in total. The Morgan fingerprint density at radius 2 is 2.20 bits per heavy atom. The van der Waals surface area contributed by atoms with Crippen molar-refractivity contribution in [1.82, 2.24) is 4.90 Å². The molecule has 0 saturated carbocycles. The van der Waals surface area contributed by atoms with Gasteiger partial charge in [-0.3, -0.25) is 9.59 Å². The maximum atomic E-state index is 11.6. The minimum atomic E-state index is -1.56. The Labute approximate surface area is 145 Å². The van der Waals surface area contributed by atoms with Gasteiger partial charge in [0.05, 0.1) is 19.6 Å². The van der Waals surface area contributed by atoms with Crippen molar-refractivity contribution < 1.29 is 33.7 Å². The topological polar surface area (TPSA) is 128 Å². The van der Waals surface area contributed by atoms with Crippen LogP contribution in [0.4, 0.5) is 0 Å². The summed E-state index contributed by atoms with van der Waals surface area (Å²) in [4.78, 5) is 35.7. The number of ether oxygens (including phenoxy) is 3. The van der Waals surface area contributed by atoms with Crippen LogP contribution in [-0.4, -0.2) is 60.0 Å². The fourth-order valence-corrected chi connectivity index (χ4v) is 2.54. The highest BCUT2D eigenvalue weighted by atomic mass is 16.6. The average molecular weight is 354 g/mol. The first-order valence-electron chi connectivity index (χ1n) is 7.92. The van der Waals surface area contributed by atoms with E-state index in [4.69, 9.17) is 15.2 Å². The van der Waals surface area contributed by atoms with E-state index in [0.717, 1.165) is 0 Å². The number of carbonyl (C=O) groups is 3. The Morgan fingerprint density at radius 3 is 2.88 bits per heavy atom. The largest absolute Gasteiger partial charge is 0.469 e. The first-order valence-corrected chi connectivity index (χ1v) is 7.92. The molecule has 3 atom stereocenters. The number of aliphatic hydroxyl groups is 1. The highest BCUT2D eigenvalue weighted by Crippen LogP contribution is 2.26. The molecule has 0 aromatic carbocycles. The second-order valence-corrected chi connectivity index (χ2v) is 5.77. The van der Waals surface area contributed by atoms with Crippen molar-refractivity contribution >= 4 is 17.8 Å². The van der Waals surface area contributed by atoms with Crippen LogP contribution in [0.1, 0.15) is 25.7 Å². The Morgan fingerprint density at radius 1 is 1.44 bits per heavy atom. The van der Waals surface area contributed by atoms with E-state index >= 15 is 0 Å². The van der Waals surface area contributed by atoms with E-state index in [0.29, 0.717) is 24.8 Å². The first-order chi connectivity index (χ1) is 11.9. The lowest BCUT2D eigenvalue weighted by molar-refractivity contribution is -0.162. The summed E-state index contributed by atoms with van der Waals surface area (Å²) < 4.78 is 15.1. The van der Waals surface area contributed by atoms with Crippen molar-refractivity contribution in [2.24, 2.45) is 5.73 Å². The SMILES string of the molecule is COC(=O)CC(O)C(=O)OCC1CCC(N2C=CCC(C(N)=O)=C2)O1. The van der Waals surface area contributed by atoms with Gasteiger partial charge in [0.25, 0.3) is 0 Å². The molecule has 2 aliphatic rings. The molecule has 9 nitrogen and oxygen atoms in total. The van der Waals surface area contributed by atoms with E-state index in [9.17, 15) is 19.5 Å². The zero-order valence-corrected chi connectivity index (χ0v) is 13.9. The molecule has 138 valence electrons. The molecule has 0 aliphatic carbocycles. The van der Waals surface area contributed by atoms with Crippen LogP contribution in [0.3, 0.4) is 0 Å². The summed E-state index contributed by atoms with van der Waals surface area (Å²) >= 11 is 0. The summed E-state index contributed by atoms with van der Waals surface area (Å²) in [6.45, 7) is -0.0302. The van der Waals surface area contributed by atoms with Gasteiger partial charge in [-0.1, -0.05) is 6.08 Å². The summed E-state index contributed by atoms with van der Waals surface area (Å²) in [5.41, 5.74) is 5.78. The second-order valence-electron chi connectivity index (χ2n) is 5.77. The lowest BCUT2D eigenvalue weighted by Crippen LogP contribution is -2.32. The van der Waals surface area contributed by atoms with Gasteiger partial charge in [-0.2, -0.15) is 0 Å². The predicted octanol–water partition coefficient (Wildman–Crippen LogP) is -0.453. The molecule has 1 saturated heterocycles. The van der Waals surface area contributed by atoms with Crippen LogP contribution in [-0.2, 0) is 28.6 Å². The van der Waals surface area contributed by atoms with Crippen LogP contribution < -0.4 is 5.73 Å². The minimum Gasteiger partial charge on any atom is -0.469 e. The van der Waals surface area contributed by atoms with Crippen LogP contribution in [0.15, 0.2) is 24.0 Å². The standard InChI is InChI=1S/C16H22N2O7/c1-23-14(20)7-12(19)16(22)24-9-11-4-5-13(25-11)18-6-2-3-10(8-18)15(17)21/h2,6,8,11-13,19H,3-5,7,9H2,1H3,(H2,17,21). The van der Waals surface area contributed by atoms with Crippen molar-refractivity contribution in [3.05, 3.63) is 24.0 Å². The van der Waals surface area contributed by atoms with Gasteiger partial charge in [0.1, 0.15) is 12.8 Å². The third kappa shape index (κ3) is 5.30. The number of amides is 1. The fraction of sp³-hybridized carbons (Fsp3) is 0.562. The van der Waals surface area contributed by atoms with E-state index in [1.807, 2.05) is 12.3 Å². The van der Waals surface area contributed by atoms with Crippen LogP contribution >= 0.6 is 0 Å². The number of methoxy groups -OCH3 is 1. The van der Waals surface area contributed by atoms with Gasteiger partial charge in [0.15, 0.2) is 6.10 Å². The Kier molecular flexibility index (Phi) is 6.54. The summed E-state index contributed by atoms with van der Waals surface area (Å²) in [7, 11) is 1.17. The van der Waals surface area contributed by atoms with E-state index in [-0.39, 0.29) is 18.9 Å². The number of nitrogens with zero attached hydrogens (tertiary/aromatic N) is 1. The van der Waals surface area contributed by atoms with E-state index < -0.39 is 30.4 Å². The zero-order chi connectivity index (χ0) is 18.4. The van der Waals surface area contributed by atoms with Gasteiger partial charge >= 0.3 is 11.9 Å². The Hall–Kier alpha value is -2.39. The number of allylic oxidation sites excluding steroid dienone is 1. The molecule has 25 heavy (non-hydrogen) atoms. The molecule has 0 radical (unpaired) electrons. The second kappa shape index (κ2) is 8.63. The molecule has 9 heteroatoms. The number of nitrogens with two attached hydrogens (primary N) is 1. The Balaban J connectivity index is 1.78. The molecule has 2 rings (SSSR count). The summed E-state index contributed by atoms with van der Waals surface area (Å²) in [6.07, 6.45) is 4.47. The van der Waals surface area contributed by atoms with Crippen LogP contribution in [0, 0.1) is 0 Å². The normalized spacial score (nSPS) is 23.8. The highest BCUT2D eigenvalue weighted by molar-refractivity contribution is 5.92. The number of carbonyl (C=O) groups excluding carboxylic acids is 3. The number of aliphatic hydroxyl groups excluding tert-OH is 1. The van der Waals surface area contributed by atoms with E-state index in [1.54, 1.807) is 11.1 Å². The van der Waals surface area contributed by atoms with Crippen LogP contribution in [0.2, 0.25) is 0 Å². The highest BCUT2D eigenvalue weighted by Gasteiger charge is 2.31. The number of primary amides is 1. The monoisotopic (exact) mass is 354 g/mol. The molecule has 0 aromatic rings. The van der Waals surface area contributed by atoms with Gasteiger partial charge in [-0.05, 0) is 19.3 Å². The van der Waals surface area contributed by atoms with Crippen molar-refractivity contribution in [2.45, 2.75) is 44.1 Å². The van der Waals surface area contributed by atoms with E-state index in [2.05, 4.69) is 4.74 Å². The molecule has 0 spiro atoms. The number of esters is 2. The van der Waals surface area contributed by atoms with Gasteiger partial charge in [0.2, 0.25) is 5.91 Å². The smallest absolute Gasteiger partial charge is 0.335 e. The maximum Gasteiger partial charge on any atom is 0.335 e. The molecular weight excluding hydrogens is 332 g/mol. The number of hydrogen-bond donors (Lipinski definition) is 2. The summed E-state index contributed by atoms with van der Waals surface area (Å²) in [6, 6.07) is 0. The molecule has 3 unspecified atom stereocenters. The third-order valence-electron chi connectivity index (χ3n) is 3.93. The van der Waals surface area contributed by atoms with Crippen molar-refractivity contribution in [2.75, 3.05) is 13.7 Å². The molecule has 0 aromatic heterocycles. The van der Waals surface area contributed by atoms with Gasteiger partial charge < -0.3 is 30.0 Å². The number of hydrogen-bond acceptors (Lipinski definition) is 8. The molecular formula is C16H22N2O7. The summed E-state index contributed by atoms with van der Waals surface area (Å²) in [5.74, 6) is -2.07. The number of rotatable bonds is 7. The van der Waals surface area contributed by atoms with Crippen molar-refractivity contribution in [3.8, 4) is 0 Å². The van der Waals surface area contributed by atoms with Gasteiger partial charge in [-0.25, -0.2) is 4.79 Å². The lowest BCUT2D eigenvalue weighted by atomic mass is 10.1. The predicted molar refractivity (Wildman–Crippen MR) is 84.4 cm³/mol. The molecule has 2 heterocycles. The molecule has 0 bridgehead atoms. The maximum absolute atomic E-state index is 11.6. The van der Waals surface area contributed by atoms with Crippen molar-refractivity contribution in [1.29, 1.82) is 0 Å². The van der Waals surface area contributed by atoms with E-state index in [1.165, 1.54) is 7.11 Å². The molecule has 1 fully saturated rings. The van der Waals surface area contributed by atoms with Crippen LogP contribution in [0.5, 0.6) is 0 Å². The van der Waals surface area contributed by atoms with Gasteiger partial charge in [-0.15, -0.1) is 0 Å². The summed E-state index contributed by atoms with van der Waals surface area (Å²) in [5, 5.41) is 9.55. The minimum absolute atomic E-state index is 0.0302. The fourth-order valence-electron chi connectivity index (χ4n) is 2.54. The zero-order valence-electron chi connectivity index (χ0n) is 13.9. The average Bonchev–Trinajstić information content (AvgIpc) is 3.08. The molecule has 2 aliphatic heterocycles. The van der Waals surface area contributed by atoms with Crippen molar-refractivity contribution in [3.63, 3.8) is 0 Å². The van der Waals surface area contributed by atoms with Gasteiger partial charge in [0, 0.05) is 18.0 Å². The molecule has 1 amide bonds. The Bertz CT molecular complexity index is 587. The van der Waals surface area contributed by atoms with Crippen LogP contribution in [0.25, 0.3) is 0 Å². The quantitative estimate of drug-likeness (QED) is 0.588. The lowest BCUT2D eigenvalue weighted by Gasteiger charge is -2.27. The third-order valence-corrected chi connectivity index (χ3v) is 3.93.